The fraction of sp³-hybridized carbons (Fsp3) is 0.333. The number of aliphatic hydroxyl groups excluding tert-OH is 1. The van der Waals surface area contributed by atoms with Crippen LogP contribution in [-0.4, -0.2) is 42.4 Å². The molecule has 0 radical (unpaired) electrons. The summed E-state index contributed by atoms with van der Waals surface area (Å²) in [4.78, 5) is 0. The summed E-state index contributed by atoms with van der Waals surface area (Å²) in [5.41, 5.74) is 2.96. The van der Waals surface area contributed by atoms with Gasteiger partial charge in [0.25, 0.3) is 0 Å². The zero-order chi connectivity index (χ0) is 22.5. The minimum absolute atomic E-state index is 0.290. The van der Waals surface area contributed by atoms with E-state index in [4.69, 9.17) is 23.7 Å². The minimum atomic E-state index is -1.16. The van der Waals surface area contributed by atoms with Crippen molar-refractivity contribution in [2.45, 2.75) is 50.2 Å². The number of rotatable bonds is 7. The molecule has 3 aromatic rings. The highest BCUT2D eigenvalue weighted by atomic mass is 16.7. The van der Waals surface area contributed by atoms with Gasteiger partial charge in [-0.25, -0.2) is 0 Å². The highest BCUT2D eigenvalue weighted by molar-refractivity contribution is 5.17. The predicted octanol–water partition coefficient (Wildman–Crippen LogP) is 3.99. The second kappa shape index (κ2) is 10.6. The second-order valence-electron chi connectivity index (χ2n) is 8.26. The highest BCUT2D eigenvalue weighted by Crippen LogP contribution is 2.36. The van der Waals surface area contributed by atoms with Crippen molar-refractivity contribution in [2.24, 2.45) is 0 Å². The molecule has 1 N–H and O–H groups in total. The smallest absolute Gasteiger partial charge is 0.184 e. The van der Waals surface area contributed by atoms with Crippen molar-refractivity contribution in [1.82, 2.24) is 0 Å². The van der Waals surface area contributed by atoms with Gasteiger partial charge in [0.2, 0.25) is 0 Å². The Bertz CT molecular complexity index is 983. The van der Waals surface area contributed by atoms with E-state index in [0.29, 0.717) is 13.2 Å². The predicted molar refractivity (Wildman–Crippen MR) is 121 cm³/mol. The van der Waals surface area contributed by atoms with Crippen molar-refractivity contribution in [3.8, 4) is 0 Å². The molecule has 3 unspecified atom stereocenters. The molecule has 0 saturated carbocycles. The molecule has 5 rings (SSSR count). The summed E-state index contributed by atoms with van der Waals surface area (Å²) in [6, 6.07) is 29.5. The molecule has 3 aromatic carbocycles. The molecule has 0 bridgehead atoms. The molecule has 2 aliphatic heterocycles. The lowest BCUT2D eigenvalue weighted by atomic mass is 9.97. The first kappa shape index (κ1) is 22.2. The Kier molecular flexibility index (Phi) is 7.12. The van der Waals surface area contributed by atoms with Crippen molar-refractivity contribution in [3.05, 3.63) is 108 Å². The van der Waals surface area contributed by atoms with Crippen LogP contribution >= 0.6 is 0 Å². The zero-order valence-corrected chi connectivity index (χ0v) is 18.2. The van der Waals surface area contributed by atoms with Gasteiger partial charge in [-0.15, -0.1) is 0 Å². The van der Waals surface area contributed by atoms with E-state index in [1.807, 2.05) is 91.0 Å². The Morgan fingerprint density at radius 1 is 0.697 bits per heavy atom. The minimum Gasteiger partial charge on any atom is -0.368 e. The molecule has 0 aliphatic carbocycles. The lowest BCUT2D eigenvalue weighted by Gasteiger charge is -2.47. The van der Waals surface area contributed by atoms with Gasteiger partial charge >= 0.3 is 0 Å². The van der Waals surface area contributed by atoms with Crippen molar-refractivity contribution in [2.75, 3.05) is 6.61 Å². The molecule has 33 heavy (non-hydrogen) atoms. The first-order valence-corrected chi connectivity index (χ1v) is 11.2. The first-order chi connectivity index (χ1) is 16.3. The number of hydrogen-bond donors (Lipinski definition) is 1. The van der Waals surface area contributed by atoms with Gasteiger partial charge in [0.05, 0.1) is 19.8 Å². The van der Waals surface area contributed by atoms with E-state index in [9.17, 15) is 5.11 Å². The Balaban J connectivity index is 1.36. The molecule has 0 spiro atoms. The maximum absolute atomic E-state index is 10.8. The monoisotopic (exact) mass is 448 g/mol. The molecule has 6 atom stereocenters. The quantitative estimate of drug-likeness (QED) is 0.590. The molecule has 6 heteroatoms. The maximum Gasteiger partial charge on any atom is 0.184 e. The van der Waals surface area contributed by atoms with Crippen LogP contribution in [0, 0.1) is 0 Å². The van der Waals surface area contributed by atoms with Gasteiger partial charge < -0.3 is 28.8 Å². The zero-order valence-electron chi connectivity index (χ0n) is 18.2. The topological polar surface area (TPSA) is 66.4 Å². The first-order valence-electron chi connectivity index (χ1n) is 11.2. The van der Waals surface area contributed by atoms with Gasteiger partial charge in [-0.3, -0.25) is 0 Å². The molecular weight excluding hydrogens is 420 g/mol. The number of fused-ring (bicyclic) bond motifs is 1. The lowest BCUT2D eigenvalue weighted by molar-refractivity contribution is -0.366. The third-order valence-electron chi connectivity index (χ3n) is 5.94. The van der Waals surface area contributed by atoms with Crippen LogP contribution < -0.4 is 0 Å². The number of ether oxygens (including phenoxy) is 5. The average molecular weight is 449 g/mol. The number of aliphatic hydroxyl groups is 1. The Morgan fingerprint density at radius 3 is 1.85 bits per heavy atom. The van der Waals surface area contributed by atoms with Gasteiger partial charge in [-0.2, -0.15) is 0 Å². The summed E-state index contributed by atoms with van der Waals surface area (Å²) in [6.45, 7) is 0.984. The summed E-state index contributed by atoms with van der Waals surface area (Å²) in [6.07, 6.45) is -3.88. The summed E-state index contributed by atoms with van der Waals surface area (Å²) in [7, 11) is 0. The molecule has 0 amide bonds. The molecular formula is C27H28O6. The summed E-state index contributed by atoms with van der Waals surface area (Å²) >= 11 is 0. The Hall–Kier alpha value is -2.58. The fourth-order valence-corrected chi connectivity index (χ4v) is 4.24. The van der Waals surface area contributed by atoms with E-state index in [1.165, 1.54) is 0 Å². The van der Waals surface area contributed by atoms with Gasteiger partial charge in [-0.05, 0) is 11.1 Å². The third-order valence-corrected chi connectivity index (χ3v) is 5.94. The van der Waals surface area contributed by atoms with Gasteiger partial charge in [-0.1, -0.05) is 91.0 Å². The Labute approximate surface area is 193 Å². The SMILES string of the molecule is O[C@@H]1OC2COC(c3ccccc3)O[C@H]2[C@@H](OCc2ccccc2)C1OCc1ccccc1. The van der Waals surface area contributed by atoms with Crippen molar-refractivity contribution in [1.29, 1.82) is 0 Å². The van der Waals surface area contributed by atoms with Crippen LogP contribution in [0.3, 0.4) is 0 Å². The number of hydrogen-bond acceptors (Lipinski definition) is 6. The highest BCUT2D eigenvalue weighted by Gasteiger charge is 2.51. The van der Waals surface area contributed by atoms with Crippen LogP contribution in [0.1, 0.15) is 23.0 Å². The van der Waals surface area contributed by atoms with E-state index < -0.39 is 37.0 Å². The molecule has 172 valence electrons. The molecule has 2 aliphatic rings. The average Bonchev–Trinajstić information content (AvgIpc) is 2.88. The lowest BCUT2D eigenvalue weighted by Crippen LogP contribution is -2.63. The van der Waals surface area contributed by atoms with E-state index in [2.05, 4.69) is 0 Å². The van der Waals surface area contributed by atoms with Crippen molar-refractivity contribution >= 4 is 0 Å². The third kappa shape index (κ3) is 5.33. The Morgan fingerprint density at radius 2 is 1.24 bits per heavy atom. The summed E-state index contributed by atoms with van der Waals surface area (Å²) in [5.74, 6) is 0. The van der Waals surface area contributed by atoms with Crippen LogP contribution in [0.4, 0.5) is 0 Å². The van der Waals surface area contributed by atoms with Gasteiger partial charge in [0.15, 0.2) is 12.6 Å². The van der Waals surface area contributed by atoms with Crippen molar-refractivity contribution < 1.29 is 28.8 Å². The fourth-order valence-electron chi connectivity index (χ4n) is 4.24. The van der Waals surface area contributed by atoms with Crippen LogP contribution in [0.15, 0.2) is 91.0 Å². The van der Waals surface area contributed by atoms with Crippen LogP contribution in [0.2, 0.25) is 0 Å². The van der Waals surface area contributed by atoms with Gasteiger partial charge in [0.1, 0.15) is 24.4 Å². The van der Waals surface area contributed by atoms with E-state index in [1.54, 1.807) is 0 Å². The largest absolute Gasteiger partial charge is 0.368 e. The van der Waals surface area contributed by atoms with Crippen molar-refractivity contribution in [3.63, 3.8) is 0 Å². The molecule has 2 saturated heterocycles. The maximum atomic E-state index is 10.8. The van der Waals surface area contributed by atoms with E-state index in [-0.39, 0.29) is 6.61 Å². The number of benzene rings is 3. The van der Waals surface area contributed by atoms with E-state index >= 15 is 0 Å². The summed E-state index contributed by atoms with van der Waals surface area (Å²) in [5, 5.41) is 10.8. The standard InChI is InChI=1S/C27H28O6/c28-26-25(30-17-20-12-6-2-7-13-20)24(29-16-19-10-4-1-5-11-19)23-22(32-26)18-31-27(33-23)21-14-8-3-9-15-21/h1-15,22-28H,16-18H2/t22?,23-,24-,25?,26-,27?/m1/s1. The van der Waals surface area contributed by atoms with Crippen LogP contribution in [0.25, 0.3) is 0 Å². The van der Waals surface area contributed by atoms with E-state index in [0.717, 1.165) is 16.7 Å². The van der Waals surface area contributed by atoms with Crippen LogP contribution in [-0.2, 0) is 36.9 Å². The molecule has 6 nitrogen and oxygen atoms in total. The molecule has 2 heterocycles. The van der Waals surface area contributed by atoms with Gasteiger partial charge in [0, 0.05) is 5.56 Å². The van der Waals surface area contributed by atoms with Crippen LogP contribution in [0.5, 0.6) is 0 Å². The second-order valence-corrected chi connectivity index (χ2v) is 8.26. The normalized spacial score (nSPS) is 29.4. The summed E-state index contributed by atoms with van der Waals surface area (Å²) < 4.78 is 30.6. The molecule has 0 aromatic heterocycles. The molecule has 2 fully saturated rings.